The number of carbonyl (C=O) groups excluding carboxylic acids is 1. The number of nitrogens with one attached hydrogen (secondary N) is 1. The SMILES string of the molecule is COc1ccc(/C=N/N=C2/C(=O)Nc3ccccc32)cc1OC. The number of fused-ring (bicyclic) bond motifs is 1. The molecule has 116 valence electrons. The predicted molar refractivity (Wildman–Crippen MR) is 88.7 cm³/mol. The number of para-hydroxylation sites is 1. The van der Waals surface area contributed by atoms with E-state index >= 15 is 0 Å². The Morgan fingerprint density at radius 3 is 2.61 bits per heavy atom. The highest BCUT2D eigenvalue weighted by molar-refractivity contribution is 6.53. The lowest BCUT2D eigenvalue weighted by atomic mass is 10.1. The smallest absolute Gasteiger partial charge is 0.276 e. The zero-order chi connectivity index (χ0) is 16.2. The minimum atomic E-state index is -0.254. The Kier molecular flexibility index (Phi) is 4.05. The van der Waals surface area contributed by atoms with E-state index in [2.05, 4.69) is 15.5 Å². The van der Waals surface area contributed by atoms with E-state index in [0.717, 1.165) is 16.8 Å². The van der Waals surface area contributed by atoms with Crippen molar-refractivity contribution >= 4 is 23.5 Å². The van der Waals surface area contributed by atoms with Gasteiger partial charge in [0.2, 0.25) is 0 Å². The molecule has 0 aliphatic carbocycles. The van der Waals surface area contributed by atoms with Crippen molar-refractivity contribution in [3.63, 3.8) is 0 Å². The lowest BCUT2D eigenvalue weighted by Crippen LogP contribution is -2.13. The van der Waals surface area contributed by atoms with Gasteiger partial charge in [-0.1, -0.05) is 18.2 Å². The maximum atomic E-state index is 11.9. The molecule has 23 heavy (non-hydrogen) atoms. The van der Waals surface area contributed by atoms with Crippen LogP contribution in [0.2, 0.25) is 0 Å². The third kappa shape index (κ3) is 2.91. The van der Waals surface area contributed by atoms with Crippen molar-refractivity contribution in [2.45, 2.75) is 0 Å². The van der Waals surface area contributed by atoms with Crippen molar-refractivity contribution in [1.29, 1.82) is 0 Å². The van der Waals surface area contributed by atoms with Crippen molar-refractivity contribution in [2.75, 3.05) is 19.5 Å². The van der Waals surface area contributed by atoms with Crippen molar-refractivity contribution in [1.82, 2.24) is 0 Å². The number of nitrogens with zero attached hydrogens (tertiary/aromatic N) is 2. The Morgan fingerprint density at radius 2 is 1.83 bits per heavy atom. The van der Waals surface area contributed by atoms with Gasteiger partial charge in [0.05, 0.1) is 26.1 Å². The van der Waals surface area contributed by atoms with Crippen molar-refractivity contribution in [3.05, 3.63) is 53.6 Å². The van der Waals surface area contributed by atoms with Crippen LogP contribution < -0.4 is 14.8 Å². The van der Waals surface area contributed by atoms with Crippen LogP contribution in [-0.2, 0) is 4.79 Å². The van der Waals surface area contributed by atoms with Crippen LogP contribution in [0.1, 0.15) is 11.1 Å². The first-order chi connectivity index (χ1) is 11.2. The van der Waals surface area contributed by atoms with E-state index in [1.54, 1.807) is 32.6 Å². The maximum absolute atomic E-state index is 11.9. The first-order valence-electron chi connectivity index (χ1n) is 6.96. The second-order valence-electron chi connectivity index (χ2n) is 4.81. The number of hydrogen-bond acceptors (Lipinski definition) is 5. The normalized spacial score (nSPS) is 14.9. The highest BCUT2D eigenvalue weighted by Gasteiger charge is 2.25. The standard InChI is InChI=1S/C17H15N3O3/c1-22-14-8-7-11(9-15(14)23-2)10-18-20-16-12-5-3-4-6-13(12)19-17(16)21/h3-10H,1-2H3,(H,19,20,21)/b18-10+. The van der Waals surface area contributed by atoms with Crippen LogP contribution in [0.3, 0.4) is 0 Å². The van der Waals surface area contributed by atoms with Gasteiger partial charge in [0.1, 0.15) is 0 Å². The largest absolute Gasteiger partial charge is 0.493 e. The monoisotopic (exact) mass is 309 g/mol. The van der Waals surface area contributed by atoms with Crippen LogP contribution in [0.25, 0.3) is 0 Å². The lowest BCUT2D eigenvalue weighted by molar-refractivity contribution is -0.110. The van der Waals surface area contributed by atoms with E-state index in [1.165, 1.54) is 0 Å². The summed E-state index contributed by atoms with van der Waals surface area (Å²) in [5.41, 5.74) is 2.59. The van der Waals surface area contributed by atoms with Crippen molar-refractivity contribution < 1.29 is 14.3 Å². The molecule has 0 fully saturated rings. The molecule has 0 saturated heterocycles. The molecule has 1 amide bonds. The first kappa shape index (κ1) is 14.8. The molecule has 2 aromatic rings. The summed E-state index contributed by atoms with van der Waals surface area (Å²) in [5, 5.41) is 10.8. The highest BCUT2D eigenvalue weighted by atomic mass is 16.5. The number of rotatable bonds is 4. The Morgan fingerprint density at radius 1 is 1.04 bits per heavy atom. The summed E-state index contributed by atoms with van der Waals surface area (Å²) in [6.45, 7) is 0. The molecule has 1 N–H and O–H groups in total. The first-order valence-corrected chi connectivity index (χ1v) is 6.96. The molecule has 6 heteroatoms. The van der Waals surface area contributed by atoms with E-state index in [1.807, 2.05) is 30.3 Å². The molecule has 0 atom stereocenters. The van der Waals surface area contributed by atoms with E-state index in [-0.39, 0.29) is 5.91 Å². The predicted octanol–water partition coefficient (Wildman–Crippen LogP) is 2.48. The summed E-state index contributed by atoms with van der Waals surface area (Å²) in [6.07, 6.45) is 1.56. The number of methoxy groups -OCH3 is 2. The van der Waals surface area contributed by atoms with Crippen LogP contribution >= 0.6 is 0 Å². The fourth-order valence-electron chi connectivity index (χ4n) is 2.29. The number of amides is 1. The second-order valence-corrected chi connectivity index (χ2v) is 4.81. The molecule has 0 aromatic heterocycles. The van der Waals surface area contributed by atoms with E-state index in [4.69, 9.17) is 9.47 Å². The van der Waals surface area contributed by atoms with Crippen molar-refractivity contribution in [2.24, 2.45) is 10.2 Å². The molecule has 1 heterocycles. The summed E-state index contributed by atoms with van der Waals surface area (Å²) in [4.78, 5) is 11.9. The number of hydrogen-bond donors (Lipinski definition) is 1. The number of benzene rings is 2. The third-order valence-electron chi connectivity index (χ3n) is 3.42. The molecular weight excluding hydrogens is 294 g/mol. The lowest BCUT2D eigenvalue weighted by Gasteiger charge is -2.07. The van der Waals surface area contributed by atoms with Crippen LogP contribution in [0.4, 0.5) is 5.69 Å². The van der Waals surface area contributed by atoms with Gasteiger partial charge >= 0.3 is 0 Å². The van der Waals surface area contributed by atoms with Gasteiger partial charge in [0, 0.05) is 5.56 Å². The van der Waals surface area contributed by atoms with Crippen LogP contribution in [-0.4, -0.2) is 32.1 Å². The molecule has 0 bridgehead atoms. The molecule has 0 spiro atoms. The zero-order valence-electron chi connectivity index (χ0n) is 12.7. The number of carbonyl (C=O) groups is 1. The van der Waals surface area contributed by atoms with Gasteiger partial charge in [-0.15, -0.1) is 5.10 Å². The van der Waals surface area contributed by atoms with Gasteiger partial charge in [-0.2, -0.15) is 5.10 Å². The van der Waals surface area contributed by atoms with Gasteiger partial charge in [-0.25, -0.2) is 0 Å². The fraction of sp³-hybridized carbons (Fsp3) is 0.118. The Bertz CT molecular complexity index is 812. The average molecular weight is 309 g/mol. The number of ether oxygens (including phenoxy) is 2. The minimum absolute atomic E-state index is 0.254. The molecular formula is C17H15N3O3. The van der Waals surface area contributed by atoms with Gasteiger partial charge in [0.25, 0.3) is 5.91 Å². The van der Waals surface area contributed by atoms with Gasteiger partial charge in [-0.3, -0.25) is 4.79 Å². The molecule has 0 radical (unpaired) electrons. The molecule has 1 aliphatic rings. The third-order valence-corrected chi connectivity index (χ3v) is 3.42. The minimum Gasteiger partial charge on any atom is -0.493 e. The summed E-state index contributed by atoms with van der Waals surface area (Å²) in [6, 6.07) is 12.8. The average Bonchev–Trinajstić information content (AvgIpc) is 2.90. The topological polar surface area (TPSA) is 72.3 Å². The zero-order valence-corrected chi connectivity index (χ0v) is 12.7. The van der Waals surface area contributed by atoms with E-state index in [0.29, 0.717) is 17.2 Å². The Balaban J connectivity index is 1.85. The number of anilines is 1. The van der Waals surface area contributed by atoms with Gasteiger partial charge in [0.15, 0.2) is 17.2 Å². The Hall–Kier alpha value is -3.15. The molecule has 1 aliphatic heterocycles. The summed E-state index contributed by atoms with van der Waals surface area (Å²) >= 11 is 0. The van der Waals surface area contributed by atoms with Crippen molar-refractivity contribution in [3.8, 4) is 11.5 Å². The van der Waals surface area contributed by atoms with Gasteiger partial charge in [-0.05, 0) is 29.8 Å². The summed E-state index contributed by atoms with van der Waals surface area (Å²) in [5.74, 6) is 0.990. The van der Waals surface area contributed by atoms with Crippen LogP contribution in [0.15, 0.2) is 52.7 Å². The highest BCUT2D eigenvalue weighted by Crippen LogP contribution is 2.27. The molecule has 0 saturated carbocycles. The second kappa shape index (κ2) is 6.31. The maximum Gasteiger partial charge on any atom is 0.276 e. The van der Waals surface area contributed by atoms with E-state index < -0.39 is 0 Å². The fourth-order valence-corrected chi connectivity index (χ4v) is 2.29. The quantitative estimate of drug-likeness (QED) is 0.696. The van der Waals surface area contributed by atoms with E-state index in [9.17, 15) is 4.79 Å². The van der Waals surface area contributed by atoms with Crippen LogP contribution in [0, 0.1) is 0 Å². The van der Waals surface area contributed by atoms with Gasteiger partial charge < -0.3 is 14.8 Å². The molecule has 0 unspecified atom stereocenters. The Labute approximate surface area is 133 Å². The molecule has 2 aromatic carbocycles. The molecule has 3 rings (SSSR count). The summed E-state index contributed by atoms with van der Waals surface area (Å²) in [7, 11) is 3.15. The molecule has 6 nitrogen and oxygen atoms in total. The summed E-state index contributed by atoms with van der Waals surface area (Å²) < 4.78 is 10.4. The van der Waals surface area contributed by atoms with Crippen LogP contribution in [0.5, 0.6) is 11.5 Å².